The fourth-order valence-corrected chi connectivity index (χ4v) is 3.14. The van der Waals surface area contributed by atoms with Crippen LogP contribution in [0.4, 0.5) is 3.89 Å². The Morgan fingerprint density at radius 1 is 1.56 bits per heavy atom. The van der Waals surface area contributed by atoms with Crippen molar-refractivity contribution in [3.63, 3.8) is 0 Å². The van der Waals surface area contributed by atoms with E-state index in [1.54, 1.807) is 17.5 Å². The van der Waals surface area contributed by atoms with Gasteiger partial charge < -0.3 is 4.90 Å². The summed E-state index contributed by atoms with van der Waals surface area (Å²) in [4.78, 5) is 13.8. The highest BCUT2D eigenvalue weighted by atomic mass is 32.3. The topological polar surface area (TPSA) is 54.5 Å². The van der Waals surface area contributed by atoms with Gasteiger partial charge in [-0.3, -0.25) is 4.79 Å². The van der Waals surface area contributed by atoms with E-state index in [9.17, 15) is 17.1 Å². The van der Waals surface area contributed by atoms with Gasteiger partial charge in [-0.15, -0.1) is 15.2 Å². The Labute approximate surface area is 96.9 Å². The number of hydrogen-bond acceptors (Lipinski definition) is 4. The Hall–Kier alpha value is -0.950. The van der Waals surface area contributed by atoms with Crippen molar-refractivity contribution in [2.24, 2.45) is 5.92 Å². The van der Waals surface area contributed by atoms with Gasteiger partial charge in [0, 0.05) is 19.0 Å². The van der Waals surface area contributed by atoms with Gasteiger partial charge in [0.25, 0.3) is 5.91 Å². The second kappa shape index (κ2) is 4.14. The minimum atomic E-state index is -4.42. The third-order valence-electron chi connectivity index (χ3n) is 2.41. The van der Waals surface area contributed by atoms with E-state index in [0.29, 0.717) is 18.0 Å². The van der Waals surface area contributed by atoms with Gasteiger partial charge in [-0.05, 0) is 11.4 Å². The summed E-state index contributed by atoms with van der Waals surface area (Å²) in [6.07, 6.45) is 0. The van der Waals surface area contributed by atoms with Crippen molar-refractivity contribution in [2.45, 2.75) is 0 Å². The summed E-state index contributed by atoms with van der Waals surface area (Å²) >= 11 is 1.34. The Bertz CT molecular complexity index is 477. The number of hydrogen-bond donors (Lipinski definition) is 0. The maximum Gasteiger partial charge on any atom is 0.302 e. The smallest absolute Gasteiger partial charge is 0.302 e. The zero-order valence-electron chi connectivity index (χ0n) is 8.30. The van der Waals surface area contributed by atoms with E-state index in [1.165, 1.54) is 16.2 Å². The van der Waals surface area contributed by atoms with E-state index < -0.39 is 16.0 Å². The van der Waals surface area contributed by atoms with Crippen LogP contribution in [0.1, 0.15) is 9.67 Å². The van der Waals surface area contributed by atoms with E-state index in [1.807, 2.05) is 0 Å². The predicted octanol–water partition coefficient (Wildman–Crippen LogP) is 1.12. The number of thiophene rings is 1. The number of rotatable bonds is 3. The molecule has 2 rings (SSSR count). The minimum absolute atomic E-state index is 0.109. The Balaban J connectivity index is 1.87. The zero-order valence-corrected chi connectivity index (χ0v) is 9.93. The fraction of sp³-hybridized carbons (Fsp3) is 0.444. The molecule has 0 atom stereocenters. The molecule has 2 heterocycles. The molecule has 0 aromatic carbocycles. The summed E-state index contributed by atoms with van der Waals surface area (Å²) < 4.78 is 33.1. The molecule has 0 spiro atoms. The second-order valence-corrected chi connectivity index (χ2v) is 6.12. The molecular formula is C9H10FNO3S2. The molecule has 1 saturated heterocycles. The van der Waals surface area contributed by atoms with Crippen LogP contribution in [0.25, 0.3) is 0 Å². The van der Waals surface area contributed by atoms with Crippen molar-refractivity contribution in [2.75, 3.05) is 18.8 Å². The third kappa shape index (κ3) is 2.59. The summed E-state index contributed by atoms with van der Waals surface area (Å²) in [5, 5.41) is 1.80. The highest BCUT2D eigenvalue weighted by molar-refractivity contribution is 7.86. The highest BCUT2D eigenvalue weighted by Gasteiger charge is 2.34. The van der Waals surface area contributed by atoms with Crippen LogP contribution in [0.3, 0.4) is 0 Å². The van der Waals surface area contributed by atoms with Crippen LogP contribution in [0, 0.1) is 5.92 Å². The lowest BCUT2D eigenvalue weighted by Crippen LogP contribution is -2.51. The first kappa shape index (κ1) is 11.5. The second-order valence-electron chi connectivity index (χ2n) is 3.76. The van der Waals surface area contributed by atoms with Gasteiger partial charge in [-0.1, -0.05) is 6.07 Å². The van der Waals surface area contributed by atoms with Crippen molar-refractivity contribution in [3.05, 3.63) is 22.4 Å². The van der Waals surface area contributed by atoms with Crippen LogP contribution in [0.2, 0.25) is 0 Å². The molecule has 0 aliphatic carbocycles. The number of carbonyl (C=O) groups is 1. The molecule has 1 amide bonds. The fourth-order valence-electron chi connectivity index (χ4n) is 1.68. The van der Waals surface area contributed by atoms with Gasteiger partial charge in [0.05, 0.1) is 10.6 Å². The van der Waals surface area contributed by atoms with Crippen LogP contribution in [-0.2, 0) is 10.2 Å². The maximum absolute atomic E-state index is 12.3. The molecule has 16 heavy (non-hydrogen) atoms. The molecule has 0 saturated carbocycles. The molecule has 0 unspecified atom stereocenters. The first-order chi connectivity index (χ1) is 7.46. The van der Waals surface area contributed by atoms with E-state index in [4.69, 9.17) is 0 Å². The predicted molar refractivity (Wildman–Crippen MR) is 58.6 cm³/mol. The van der Waals surface area contributed by atoms with Gasteiger partial charge >= 0.3 is 10.2 Å². The van der Waals surface area contributed by atoms with Crippen LogP contribution in [0.5, 0.6) is 0 Å². The van der Waals surface area contributed by atoms with Crippen molar-refractivity contribution in [1.29, 1.82) is 0 Å². The van der Waals surface area contributed by atoms with Crippen LogP contribution < -0.4 is 0 Å². The van der Waals surface area contributed by atoms with Crippen molar-refractivity contribution in [1.82, 2.24) is 4.90 Å². The van der Waals surface area contributed by atoms with E-state index in [-0.39, 0.29) is 11.8 Å². The van der Waals surface area contributed by atoms with E-state index in [0.717, 1.165) is 0 Å². The quantitative estimate of drug-likeness (QED) is 0.768. The Morgan fingerprint density at radius 2 is 2.25 bits per heavy atom. The normalized spacial score (nSPS) is 17.2. The average Bonchev–Trinajstić information content (AvgIpc) is 2.60. The molecule has 1 aliphatic heterocycles. The summed E-state index contributed by atoms with van der Waals surface area (Å²) in [6, 6.07) is 3.49. The first-order valence-electron chi connectivity index (χ1n) is 4.71. The SMILES string of the molecule is O=C(c1cccs1)N1CC(CS(=O)(=O)F)C1. The number of amides is 1. The molecule has 1 fully saturated rings. The average molecular weight is 263 g/mol. The van der Waals surface area contributed by atoms with Crippen LogP contribution in [-0.4, -0.2) is 38.1 Å². The van der Waals surface area contributed by atoms with Gasteiger partial charge in [-0.2, -0.15) is 8.42 Å². The lowest BCUT2D eigenvalue weighted by Gasteiger charge is -2.38. The first-order valence-corrected chi connectivity index (χ1v) is 7.14. The lowest BCUT2D eigenvalue weighted by molar-refractivity contribution is 0.0538. The zero-order chi connectivity index (χ0) is 11.8. The summed E-state index contributed by atoms with van der Waals surface area (Å²) in [6.45, 7) is 0.639. The molecule has 0 bridgehead atoms. The van der Waals surface area contributed by atoms with Gasteiger partial charge in [-0.25, -0.2) is 0 Å². The third-order valence-corrected chi connectivity index (χ3v) is 4.14. The largest absolute Gasteiger partial charge is 0.337 e. The molecule has 1 aliphatic rings. The minimum Gasteiger partial charge on any atom is -0.337 e. The number of likely N-dealkylation sites (tertiary alicyclic amines) is 1. The van der Waals surface area contributed by atoms with Crippen molar-refractivity contribution in [3.8, 4) is 0 Å². The molecule has 88 valence electrons. The van der Waals surface area contributed by atoms with E-state index in [2.05, 4.69) is 0 Å². The summed E-state index contributed by atoms with van der Waals surface area (Å²) in [5.41, 5.74) is 0. The molecule has 0 radical (unpaired) electrons. The molecule has 4 nitrogen and oxygen atoms in total. The van der Waals surface area contributed by atoms with Crippen LogP contribution >= 0.6 is 11.3 Å². The highest BCUT2D eigenvalue weighted by Crippen LogP contribution is 2.22. The molecule has 1 aromatic heterocycles. The maximum atomic E-state index is 12.3. The number of nitrogens with zero attached hydrogens (tertiary/aromatic N) is 1. The van der Waals surface area contributed by atoms with Crippen molar-refractivity contribution < 1.29 is 17.1 Å². The van der Waals surface area contributed by atoms with Crippen molar-refractivity contribution >= 4 is 27.5 Å². The van der Waals surface area contributed by atoms with Crippen LogP contribution in [0.15, 0.2) is 17.5 Å². The van der Waals surface area contributed by atoms with E-state index >= 15 is 0 Å². The molecule has 0 N–H and O–H groups in total. The summed E-state index contributed by atoms with van der Waals surface area (Å²) in [5.74, 6) is -0.859. The standard InChI is InChI=1S/C9H10FNO3S2/c10-16(13,14)6-7-4-11(5-7)9(12)8-2-1-3-15-8/h1-3,7H,4-6H2. The molecule has 1 aromatic rings. The molecule has 7 heteroatoms. The molecular weight excluding hydrogens is 253 g/mol. The number of carbonyl (C=O) groups excluding carboxylic acids is 1. The summed E-state index contributed by atoms with van der Waals surface area (Å²) in [7, 11) is -4.42. The number of halogens is 1. The van der Waals surface area contributed by atoms with Gasteiger partial charge in [0.15, 0.2) is 0 Å². The lowest BCUT2D eigenvalue weighted by atomic mass is 10.0. The Morgan fingerprint density at radius 3 is 2.75 bits per heavy atom. The monoisotopic (exact) mass is 263 g/mol. The Kier molecular flexibility index (Phi) is 2.98. The van der Waals surface area contributed by atoms with Gasteiger partial charge in [0.1, 0.15) is 0 Å². The van der Waals surface area contributed by atoms with Gasteiger partial charge in [0.2, 0.25) is 0 Å².